The van der Waals surface area contributed by atoms with Gasteiger partial charge >= 0.3 is 5.97 Å². The van der Waals surface area contributed by atoms with E-state index in [1.165, 1.54) is 0 Å². The van der Waals surface area contributed by atoms with E-state index in [0.717, 1.165) is 25.2 Å². The van der Waals surface area contributed by atoms with E-state index >= 15 is 0 Å². The van der Waals surface area contributed by atoms with Gasteiger partial charge in [0.1, 0.15) is 11.7 Å². The lowest BCUT2D eigenvalue weighted by molar-refractivity contribution is -0.145. The smallest absolute Gasteiger partial charge is 0.316 e. The first kappa shape index (κ1) is 12.7. The molecule has 90 valence electrons. The van der Waals surface area contributed by atoms with Crippen molar-refractivity contribution in [1.82, 2.24) is 9.55 Å². The summed E-state index contributed by atoms with van der Waals surface area (Å²) in [5.41, 5.74) is 0. The van der Waals surface area contributed by atoms with E-state index in [0.29, 0.717) is 6.61 Å². The lowest BCUT2D eigenvalue weighted by Crippen LogP contribution is -2.19. The molecule has 1 rings (SSSR count). The molecule has 0 aliphatic rings. The number of carbonyl (C=O) groups is 1. The summed E-state index contributed by atoms with van der Waals surface area (Å²) in [4.78, 5) is 16.1. The number of ether oxygens (including phenoxy) is 1. The molecule has 0 bridgehead atoms. The van der Waals surface area contributed by atoms with Crippen LogP contribution in [0.25, 0.3) is 0 Å². The number of nitrogens with zero attached hydrogens (tertiary/aromatic N) is 2. The first-order valence-electron chi connectivity index (χ1n) is 5.92. The number of imidazole rings is 1. The van der Waals surface area contributed by atoms with Crippen molar-refractivity contribution in [3.05, 3.63) is 18.2 Å². The third kappa shape index (κ3) is 2.84. The summed E-state index contributed by atoms with van der Waals surface area (Å²) in [6.07, 6.45) is 5.37. The maximum atomic E-state index is 11.8. The molecule has 0 saturated carbocycles. The highest BCUT2D eigenvalue weighted by molar-refractivity contribution is 5.77. The Balaban J connectivity index is 2.88. The van der Waals surface area contributed by atoms with Gasteiger partial charge < -0.3 is 9.30 Å². The highest BCUT2D eigenvalue weighted by Gasteiger charge is 2.24. The van der Waals surface area contributed by atoms with Gasteiger partial charge in [0.25, 0.3) is 0 Å². The number of rotatable bonds is 6. The zero-order valence-electron chi connectivity index (χ0n) is 10.3. The fourth-order valence-corrected chi connectivity index (χ4v) is 1.78. The second-order valence-corrected chi connectivity index (χ2v) is 3.66. The largest absolute Gasteiger partial charge is 0.465 e. The molecule has 1 atom stereocenters. The standard InChI is InChI=1S/C12H20N2O2/c1-4-7-10(12(15)16-6-3)11-13-8-9-14(11)5-2/h8-10H,4-7H2,1-3H3. The Kier molecular flexibility index (Phi) is 5.02. The zero-order chi connectivity index (χ0) is 12.0. The third-order valence-corrected chi connectivity index (χ3v) is 2.55. The van der Waals surface area contributed by atoms with Crippen LogP contribution in [0.1, 0.15) is 45.4 Å². The molecule has 16 heavy (non-hydrogen) atoms. The topological polar surface area (TPSA) is 44.1 Å². The van der Waals surface area contributed by atoms with E-state index < -0.39 is 0 Å². The summed E-state index contributed by atoms with van der Waals surface area (Å²) in [7, 11) is 0. The monoisotopic (exact) mass is 224 g/mol. The van der Waals surface area contributed by atoms with Crippen molar-refractivity contribution >= 4 is 5.97 Å². The molecule has 0 radical (unpaired) electrons. The molecule has 1 aromatic rings. The van der Waals surface area contributed by atoms with E-state index in [-0.39, 0.29) is 11.9 Å². The first-order valence-corrected chi connectivity index (χ1v) is 5.92. The lowest BCUT2D eigenvalue weighted by atomic mass is 10.0. The van der Waals surface area contributed by atoms with E-state index in [4.69, 9.17) is 4.74 Å². The van der Waals surface area contributed by atoms with Gasteiger partial charge in [0.05, 0.1) is 6.61 Å². The molecule has 0 saturated heterocycles. The number of carbonyl (C=O) groups excluding carboxylic acids is 1. The van der Waals surface area contributed by atoms with Crippen LogP contribution in [0.4, 0.5) is 0 Å². The van der Waals surface area contributed by atoms with E-state index in [1.54, 1.807) is 6.20 Å². The second-order valence-electron chi connectivity index (χ2n) is 3.66. The van der Waals surface area contributed by atoms with Gasteiger partial charge in [0, 0.05) is 18.9 Å². The average molecular weight is 224 g/mol. The Bertz CT molecular complexity index is 334. The molecule has 0 amide bonds. The van der Waals surface area contributed by atoms with Crippen LogP contribution in [0.3, 0.4) is 0 Å². The van der Waals surface area contributed by atoms with Crippen LogP contribution in [0.5, 0.6) is 0 Å². The molecule has 0 spiro atoms. The molecule has 0 aromatic carbocycles. The summed E-state index contributed by atoms with van der Waals surface area (Å²) < 4.78 is 7.08. The molecule has 1 unspecified atom stereocenters. The van der Waals surface area contributed by atoms with Gasteiger partial charge in [-0.2, -0.15) is 0 Å². The van der Waals surface area contributed by atoms with Crippen LogP contribution in [0.15, 0.2) is 12.4 Å². The van der Waals surface area contributed by atoms with Crippen LogP contribution >= 0.6 is 0 Å². The van der Waals surface area contributed by atoms with Crippen molar-refractivity contribution in [2.75, 3.05) is 6.61 Å². The average Bonchev–Trinajstić information content (AvgIpc) is 2.73. The summed E-state index contributed by atoms with van der Waals surface area (Å²) in [6.45, 7) is 7.18. The predicted molar refractivity (Wildman–Crippen MR) is 62.2 cm³/mol. The number of esters is 1. The predicted octanol–water partition coefficient (Wildman–Crippen LogP) is 2.35. The fraction of sp³-hybridized carbons (Fsp3) is 0.667. The Morgan fingerprint density at radius 3 is 2.81 bits per heavy atom. The summed E-state index contributed by atoms with van der Waals surface area (Å²) >= 11 is 0. The SMILES string of the molecule is CCCC(C(=O)OCC)c1nccn1CC. The number of aryl methyl sites for hydroxylation is 1. The maximum absolute atomic E-state index is 11.8. The lowest BCUT2D eigenvalue weighted by Gasteiger charge is -2.15. The molecule has 0 fully saturated rings. The van der Waals surface area contributed by atoms with Gasteiger partial charge in [-0.25, -0.2) is 4.98 Å². The van der Waals surface area contributed by atoms with Gasteiger partial charge in [0.2, 0.25) is 0 Å². The Morgan fingerprint density at radius 1 is 1.50 bits per heavy atom. The molecule has 4 nitrogen and oxygen atoms in total. The molecule has 1 heterocycles. The Morgan fingerprint density at radius 2 is 2.25 bits per heavy atom. The maximum Gasteiger partial charge on any atom is 0.316 e. The van der Waals surface area contributed by atoms with Gasteiger partial charge in [-0.05, 0) is 20.3 Å². The minimum atomic E-state index is -0.222. The van der Waals surface area contributed by atoms with Crippen LogP contribution < -0.4 is 0 Å². The highest BCUT2D eigenvalue weighted by atomic mass is 16.5. The number of hydrogen-bond donors (Lipinski definition) is 0. The van der Waals surface area contributed by atoms with Crippen molar-refractivity contribution in [1.29, 1.82) is 0 Å². The van der Waals surface area contributed by atoms with Crippen molar-refractivity contribution in [3.63, 3.8) is 0 Å². The van der Waals surface area contributed by atoms with E-state index in [9.17, 15) is 4.79 Å². The van der Waals surface area contributed by atoms with Crippen molar-refractivity contribution in [2.45, 2.75) is 46.1 Å². The quantitative estimate of drug-likeness (QED) is 0.697. The molecule has 4 heteroatoms. The Labute approximate surface area is 96.6 Å². The molecule has 1 aromatic heterocycles. The van der Waals surface area contributed by atoms with E-state index in [2.05, 4.69) is 11.9 Å². The van der Waals surface area contributed by atoms with Gasteiger partial charge in [-0.1, -0.05) is 13.3 Å². The summed E-state index contributed by atoms with van der Waals surface area (Å²) in [5, 5.41) is 0. The van der Waals surface area contributed by atoms with Crippen molar-refractivity contribution in [2.24, 2.45) is 0 Å². The van der Waals surface area contributed by atoms with Gasteiger partial charge in [-0.15, -0.1) is 0 Å². The van der Waals surface area contributed by atoms with Crippen LogP contribution in [0.2, 0.25) is 0 Å². The van der Waals surface area contributed by atoms with Crippen LogP contribution in [-0.2, 0) is 16.1 Å². The van der Waals surface area contributed by atoms with Crippen LogP contribution in [0, 0.1) is 0 Å². The first-order chi connectivity index (χ1) is 7.74. The molecular formula is C12H20N2O2. The minimum Gasteiger partial charge on any atom is -0.465 e. The van der Waals surface area contributed by atoms with Crippen molar-refractivity contribution in [3.8, 4) is 0 Å². The molecule has 0 aliphatic carbocycles. The molecular weight excluding hydrogens is 204 g/mol. The third-order valence-electron chi connectivity index (χ3n) is 2.55. The van der Waals surface area contributed by atoms with Crippen LogP contribution in [-0.4, -0.2) is 22.1 Å². The zero-order valence-corrected chi connectivity index (χ0v) is 10.3. The van der Waals surface area contributed by atoms with Crippen molar-refractivity contribution < 1.29 is 9.53 Å². The van der Waals surface area contributed by atoms with Gasteiger partial charge in [0.15, 0.2) is 0 Å². The minimum absolute atomic E-state index is 0.162. The fourth-order valence-electron chi connectivity index (χ4n) is 1.78. The Hall–Kier alpha value is -1.32. The molecule has 0 aliphatic heterocycles. The highest BCUT2D eigenvalue weighted by Crippen LogP contribution is 2.21. The summed E-state index contributed by atoms with van der Waals surface area (Å²) in [5.74, 6) is 0.438. The normalized spacial score (nSPS) is 12.4. The number of aromatic nitrogens is 2. The molecule has 0 N–H and O–H groups in total. The number of hydrogen-bond acceptors (Lipinski definition) is 3. The summed E-state index contributed by atoms with van der Waals surface area (Å²) in [6, 6.07) is 0. The second kappa shape index (κ2) is 6.30. The van der Waals surface area contributed by atoms with E-state index in [1.807, 2.05) is 24.6 Å². The van der Waals surface area contributed by atoms with Gasteiger partial charge in [-0.3, -0.25) is 4.79 Å².